The van der Waals surface area contributed by atoms with Crippen molar-refractivity contribution in [3.8, 4) is 5.75 Å². The molecule has 5 heteroatoms. The summed E-state index contributed by atoms with van der Waals surface area (Å²) in [5.41, 5.74) is 0.701. The van der Waals surface area contributed by atoms with Crippen LogP contribution in [0.5, 0.6) is 5.75 Å². The van der Waals surface area contributed by atoms with Crippen LogP contribution in [0.1, 0.15) is 26.0 Å². The fraction of sp³-hybridized carbons (Fsp3) is 0.353. The Morgan fingerprint density at radius 3 is 2.77 bits per heavy atom. The number of hydrogen-bond acceptors (Lipinski definition) is 4. The summed E-state index contributed by atoms with van der Waals surface area (Å²) in [6.45, 7) is 5.11. The molecule has 0 aliphatic carbocycles. The van der Waals surface area contributed by atoms with E-state index in [1.807, 2.05) is 50.2 Å². The van der Waals surface area contributed by atoms with Gasteiger partial charge in [0.1, 0.15) is 11.5 Å². The minimum absolute atomic E-state index is 0.0493. The molecular formula is C17H22N2O3. The Bertz CT molecular complexity index is 579. The van der Waals surface area contributed by atoms with Crippen molar-refractivity contribution in [2.24, 2.45) is 0 Å². The van der Waals surface area contributed by atoms with Gasteiger partial charge in [-0.05, 0) is 38.1 Å². The van der Waals surface area contributed by atoms with Gasteiger partial charge in [-0.15, -0.1) is 0 Å². The predicted molar refractivity (Wildman–Crippen MR) is 85.9 cm³/mol. The van der Waals surface area contributed by atoms with E-state index in [1.165, 1.54) is 0 Å². The lowest BCUT2D eigenvalue weighted by molar-refractivity contribution is -0.116. The second-order valence-electron chi connectivity index (χ2n) is 5.22. The first-order valence-corrected chi connectivity index (χ1v) is 7.44. The summed E-state index contributed by atoms with van der Waals surface area (Å²) in [5.74, 6) is 1.50. The lowest BCUT2D eigenvalue weighted by Crippen LogP contribution is -2.21. The van der Waals surface area contributed by atoms with E-state index in [4.69, 9.17) is 9.15 Å². The maximum Gasteiger partial charge on any atom is 0.225 e. The predicted octanol–water partition coefficient (Wildman–Crippen LogP) is 3.19. The van der Waals surface area contributed by atoms with Crippen molar-refractivity contribution in [1.29, 1.82) is 0 Å². The van der Waals surface area contributed by atoms with E-state index >= 15 is 0 Å². The molecule has 0 aliphatic heterocycles. The lowest BCUT2D eigenvalue weighted by Gasteiger charge is -2.14. The molecule has 1 aromatic carbocycles. The second-order valence-corrected chi connectivity index (χ2v) is 5.22. The summed E-state index contributed by atoms with van der Waals surface area (Å²) in [6.07, 6.45) is 2.08. The summed E-state index contributed by atoms with van der Waals surface area (Å²) in [5, 5.41) is 6.05. The van der Waals surface area contributed by atoms with E-state index in [0.29, 0.717) is 30.9 Å². The zero-order valence-corrected chi connectivity index (χ0v) is 13.0. The molecule has 0 saturated carbocycles. The number of hydrogen-bond donors (Lipinski definition) is 2. The Kier molecular flexibility index (Phi) is 6.03. The number of carbonyl (C=O) groups is 1. The molecular weight excluding hydrogens is 280 g/mol. The van der Waals surface area contributed by atoms with Crippen molar-refractivity contribution in [3.05, 3.63) is 48.4 Å². The van der Waals surface area contributed by atoms with Gasteiger partial charge in [0, 0.05) is 13.0 Å². The van der Waals surface area contributed by atoms with Crippen LogP contribution in [-0.4, -0.2) is 18.6 Å². The third-order valence-electron chi connectivity index (χ3n) is 2.93. The van der Waals surface area contributed by atoms with Gasteiger partial charge >= 0.3 is 0 Å². The van der Waals surface area contributed by atoms with Crippen LogP contribution in [-0.2, 0) is 11.3 Å². The van der Waals surface area contributed by atoms with Crippen LogP contribution in [0.25, 0.3) is 0 Å². The van der Waals surface area contributed by atoms with E-state index in [9.17, 15) is 4.79 Å². The molecule has 2 aromatic rings. The molecule has 118 valence electrons. The van der Waals surface area contributed by atoms with Crippen molar-refractivity contribution < 1.29 is 13.9 Å². The topological polar surface area (TPSA) is 63.5 Å². The summed E-state index contributed by atoms with van der Waals surface area (Å²) < 4.78 is 10.9. The van der Waals surface area contributed by atoms with Crippen LogP contribution in [0.3, 0.4) is 0 Å². The average molecular weight is 302 g/mol. The van der Waals surface area contributed by atoms with Gasteiger partial charge in [0.25, 0.3) is 0 Å². The summed E-state index contributed by atoms with van der Waals surface area (Å²) >= 11 is 0. The average Bonchev–Trinajstić information content (AvgIpc) is 2.98. The van der Waals surface area contributed by atoms with Gasteiger partial charge in [0.15, 0.2) is 0 Å². The molecule has 2 rings (SSSR count). The third kappa shape index (κ3) is 5.26. The van der Waals surface area contributed by atoms with Crippen LogP contribution in [0.4, 0.5) is 5.69 Å². The summed E-state index contributed by atoms with van der Waals surface area (Å²) in [6, 6.07) is 11.2. The van der Waals surface area contributed by atoms with Gasteiger partial charge in [0.05, 0.1) is 24.6 Å². The molecule has 0 fully saturated rings. The monoisotopic (exact) mass is 302 g/mol. The van der Waals surface area contributed by atoms with Crippen LogP contribution in [0.15, 0.2) is 47.1 Å². The molecule has 22 heavy (non-hydrogen) atoms. The molecule has 0 aliphatic rings. The zero-order chi connectivity index (χ0) is 15.8. The third-order valence-corrected chi connectivity index (χ3v) is 2.93. The molecule has 1 heterocycles. The van der Waals surface area contributed by atoms with Crippen molar-refractivity contribution in [2.75, 3.05) is 11.9 Å². The van der Waals surface area contributed by atoms with Gasteiger partial charge < -0.3 is 19.8 Å². The smallest absolute Gasteiger partial charge is 0.225 e. The number of ether oxygens (including phenoxy) is 1. The van der Waals surface area contributed by atoms with Crippen molar-refractivity contribution in [3.63, 3.8) is 0 Å². The molecule has 0 saturated heterocycles. The number of para-hydroxylation sites is 2. The minimum Gasteiger partial charge on any atom is -0.489 e. The van der Waals surface area contributed by atoms with Crippen molar-refractivity contribution in [2.45, 2.75) is 32.9 Å². The first-order valence-electron chi connectivity index (χ1n) is 7.44. The quantitative estimate of drug-likeness (QED) is 0.735. The number of nitrogens with one attached hydrogen (secondary N) is 2. The standard InChI is InChI=1S/C17H22N2O3/c1-13(2)22-16-8-4-3-7-15(16)19-17(20)9-10-18-12-14-6-5-11-21-14/h3-8,11,13,18H,9-10,12H2,1-2H3,(H,19,20). The highest BCUT2D eigenvalue weighted by Crippen LogP contribution is 2.24. The fourth-order valence-electron chi connectivity index (χ4n) is 1.97. The van der Waals surface area contributed by atoms with Gasteiger partial charge in [-0.25, -0.2) is 0 Å². The van der Waals surface area contributed by atoms with E-state index in [2.05, 4.69) is 10.6 Å². The molecule has 0 unspecified atom stereocenters. The van der Waals surface area contributed by atoms with Crippen LogP contribution < -0.4 is 15.4 Å². The fourth-order valence-corrected chi connectivity index (χ4v) is 1.97. The van der Waals surface area contributed by atoms with Crippen LogP contribution in [0, 0.1) is 0 Å². The van der Waals surface area contributed by atoms with E-state index < -0.39 is 0 Å². The van der Waals surface area contributed by atoms with Crippen molar-refractivity contribution >= 4 is 11.6 Å². The van der Waals surface area contributed by atoms with Crippen molar-refractivity contribution in [1.82, 2.24) is 5.32 Å². The van der Waals surface area contributed by atoms with Gasteiger partial charge in [0.2, 0.25) is 5.91 Å². The largest absolute Gasteiger partial charge is 0.489 e. The number of anilines is 1. The normalized spacial score (nSPS) is 10.7. The molecule has 0 radical (unpaired) electrons. The number of carbonyl (C=O) groups excluding carboxylic acids is 1. The molecule has 0 spiro atoms. The van der Waals surface area contributed by atoms with Gasteiger partial charge in [-0.2, -0.15) is 0 Å². The van der Waals surface area contributed by atoms with Crippen LogP contribution >= 0.6 is 0 Å². The van der Waals surface area contributed by atoms with Gasteiger partial charge in [-0.3, -0.25) is 4.79 Å². The van der Waals surface area contributed by atoms with E-state index in [0.717, 1.165) is 5.76 Å². The number of amides is 1. The first kappa shape index (κ1) is 16.1. The minimum atomic E-state index is -0.0493. The number of benzene rings is 1. The molecule has 0 atom stereocenters. The van der Waals surface area contributed by atoms with Crippen LogP contribution in [0.2, 0.25) is 0 Å². The Morgan fingerprint density at radius 2 is 2.05 bits per heavy atom. The van der Waals surface area contributed by atoms with Gasteiger partial charge in [-0.1, -0.05) is 12.1 Å². The molecule has 2 N–H and O–H groups in total. The van der Waals surface area contributed by atoms with E-state index in [1.54, 1.807) is 6.26 Å². The maximum absolute atomic E-state index is 12.0. The second kappa shape index (κ2) is 8.24. The number of furan rings is 1. The first-order chi connectivity index (χ1) is 10.6. The summed E-state index contributed by atoms with van der Waals surface area (Å²) in [4.78, 5) is 12.0. The Balaban J connectivity index is 1.77. The Morgan fingerprint density at radius 1 is 1.23 bits per heavy atom. The molecule has 0 bridgehead atoms. The molecule has 5 nitrogen and oxygen atoms in total. The highest BCUT2D eigenvalue weighted by Gasteiger charge is 2.08. The lowest BCUT2D eigenvalue weighted by atomic mass is 10.2. The Hall–Kier alpha value is -2.27. The Labute approximate surface area is 130 Å². The molecule has 1 aromatic heterocycles. The SMILES string of the molecule is CC(C)Oc1ccccc1NC(=O)CCNCc1ccco1. The summed E-state index contributed by atoms with van der Waals surface area (Å²) in [7, 11) is 0. The number of rotatable bonds is 8. The highest BCUT2D eigenvalue weighted by atomic mass is 16.5. The molecule has 1 amide bonds. The maximum atomic E-state index is 12.0. The highest BCUT2D eigenvalue weighted by molar-refractivity contribution is 5.92. The zero-order valence-electron chi connectivity index (χ0n) is 13.0. The van der Waals surface area contributed by atoms with E-state index in [-0.39, 0.29) is 12.0 Å².